The number of β-amino-alcohol motifs (C(OH)–C–C–N with tert-alkyl or cyclic N) is 1. The first kappa shape index (κ1) is 43.9. The van der Waals surface area contributed by atoms with Crippen molar-refractivity contribution < 1.29 is 24.2 Å². The molecule has 13 heteroatoms. The minimum atomic E-state index is -0.861. The Morgan fingerprint density at radius 1 is 0.981 bits per heavy atom. The minimum Gasteiger partial charge on any atom is -0.391 e. The van der Waals surface area contributed by atoms with Crippen molar-refractivity contribution in [3.05, 3.63) is 41.0 Å². The monoisotopic (exact) mass is 760 g/mol. The third-order valence-corrected chi connectivity index (χ3v) is 12.0. The van der Waals surface area contributed by atoms with E-state index in [1.54, 1.807) is 23.1 Å². The molecule has 1 saturated heterocycles. The number of amides is 3. The van der Waals surface area contributed by atoms with Gasteiger partial charge in [-0.05, 0) is 89.3 Å². The molecular weight excluding hydrogens is 697 g/mol. The molecule has 2 aromatic rings. The summed E-state index contributed by atoms with van der Waals surface area (Å²) in [6.07, 6.45) is 10.5. The summed E-state index contributed by atoms with van der Waals surface area (Å²) in [5, 5.41) is 16.7. The molecule has 0 saturated carbocycles. The maximum atomic E-state index is 14.3. The summed E-state index contributed by atoms with van der Waals surface area (Å²) in [5.41, 5.74) is 16.0. The van der Waals surface area contributed by atoms with Gasteiger partial charge in [-0.2, -0.15) is 11.8 Å². The van der Waals surface area contributed by atoms with Gasteiger partial charge in [-0.1, -0.05) is 56.4 Å². The molecule has 7 N–H and O–H groups in total. The van der Waals surface area contributed by atoms with Gasteiger partial charge in [0, 0.05) is 43.9 Å². The fraction of sp³-hybridized carbons (Fsp3) is 0.692. The summed E-state index contributed by atoms with van der Waals surface area (Å²) in [4.78, 5) is 48.1. The van der Waals surface area contributed by atoms with Gasteiger partial charge < -0.3 is 36.8 Å². The number of hydrogen-bond acceptors (Lipinski definition) is 10. The predicted molar refractivity (Wildman–Crippen MR) is 213 cm³/mol. The number of unbranched alkanes of at least 4 members (excludes halogenated alkanes) is 8. The number of rotatable bonds is 26. The van der Waals surface area contributed by atoms with Crippen LogP contribution in [0.15, 0.2) is 29.8 Å². The molecule has 52 heavy (non-hydrogen) atoms. The lowest BCUT2D eigenvalue weighted by molar-refractivity contribution is -0.142. The van der Waals surface area contributed by atoms with Crippen LogP contribution < -0.4 is 22.1 Å². The molecule has 1 fully saturated rings. The highest BCUT2D eigenvalue weighted by Crippen LogP contribution is 2.33. The second kappa shape index (κ2) is 24.0. The highest BCUT2D eigenvalue weighted by atomic mass is 32.2. The number of nitrogens with two attached hydrogens (primary N) is 2. The van der Waals surface area contributed by atoms with Crippen LogP contribution in [-0.4, -0.2) is 94.2 Å². The summed E-state index contributed by atoms with van der Waals surface area (Å²) in [7, 11) is 0. The highest BCUT2D eigenvalue weighted by molar-refractivity contribution is 8.00. The molecule has 0 radical (unpaired) electrons. The lowest BCUT2D eigenvalue weighted by atomic mass is 10.00. The average Bonchev–Trinajstić information content (AvgIpc) is 3.75. The number of carbonyl (C=O) groups excluding carboxylic acids is 3. The second-order valence-corrected chi connectivity index (χ2v) is 17.0. The van der Waals surface area contributed by atoms with Gasteiger partial charge >= 0.3 is 0 Å². The molecule has 3 atom stereocenters. The topological polar surface area (TPSA) is 173 Å². The zero-order valence-electron chi connectivity index (χ0n) is 31.7. The molecule has 1 aromatic carbocycles. The third kappa shape index (κ3) is 15.1. The van der Waals surface area contributed by atoms with E-state index in [9.17, 15) is 19.5 Å². The van der Waals surface area contributed by atoms with Gasteiger partial charge in [0.05, 0.1) is 22.2 Å². The lowest BCUT2D eigenvalue weighted by Gasteiger charge is -2.37. The van der Waals surface area contributed by atoms with E-state index in [1.807, 2.05) is 50.5 Å². The SMILES string of the molecule is Cc1ncsc1-c1ccc(CNC(=O)[C@@H]2C[C@@H](O)CN2C(=O)[C@@H](NC(=O)CCCCCOCCCCCCN)C(C)(C)SCCCCCCN)cc1. The van der Waals surface area contributed by atoms with Crippen LogP contribution in [0.5, 0.6) is 0 Å². The number of benzene rings is 1. The standard InChI is InChI=1S/C39H64N6O5S2/c1-29-35(51-28-43-29)31-18-16-30(17-19-31)26-42-37(48)33-25-32(46)27-45(33)38(49)36(39(2,3)52-24-14-7-5-11-21-41)44-34(47)15-9-8-13-23-50-22-12-6-4-10-20-40/h16-19,28,32-33,36,46H,4-15,20-27,40-41H2,1-3H3,(H,42,48)(H,44,47)/t32-,33+,36-/m1/s1. The number of aromatic nitrogens is 1. The first-order valence-corrected chi connectivity index (χ1v) is 21.1. The van der Waals surface area contributed by atoms with Gasteiger partial charge in [-0.25, -0.2) is 4.98 Å². The number of likely N-dealkylation sites (tertiary alicyclic amines) is 1. The van der Waals surface area contributed by atoms with E-state index >= 15 is 0 Å². The molecule has 0 aliphatic carbocycles. The molecule has 1 aromatic heterocycles. The first-order chi connectivity index (χ1) is 25.1. The Bertz CT molecular complexity index is 1340. The van der Waals surface area contributed by atoms with Crippen LogP contribution in [-0.2, 0) is 25.7 Å². The van der Waals surface area contributed by atoms with Crippen molar-refractivity contribution in [3.8, 4) is 10.4 Å². The molecule has 11 nitrogen and oxygen atoms in total. The Hall–Kier alpha value is -2.55. The number of ether oxygens (including phenoxy) is 1. The Morgan fingerprint density at radius 2 is 1.62 bits per heavy atom. The molecule has 0 unspecified atom stereocenters. The number of nitrogens with one attached hydrogen (secondary N) is 2. The fourth-order valence-corrected chi connectivity index (χ4v) is 8.40. The molecular formula is C39H64N6O5S2. The van der Waals surface area contributed by atoms with E-state index in [2.05, 4.69) is 15.6 Å². The van der Waals surface area contributed by atoms with Crippen molar-refractivity contribution in [1.29, 1.82) is 0 Å². The summed E-state index contributed by atoms with van der Waals surface area (Å²) in [6.45, 7) is 9.11. The van der Waals surface area contributed by atoms with Crippen LogP contribution in [0.25, 0.3) is 10.4 Å². The maximum Gasteiger partial charge on any atom is 0.247 e. The third-order valence-electron chi connectivity index (χ3n) is 9.55. The van der Waals surface area contributed by atoms with Crippen molar-refractivity contribution in [2.45, 2.75) is 134 Å². The van der Waals surface area contributed by atoms with E-state index in [-0.39, 0.29) is 30.7 Å². The van der Waals surface area contributed by atoms with Crippen molar-refractivity contribution in [2.24, 2.45) is 11.5 Å². The second-order valence-electron chi connectivity index (χ2n) is 14.4. The van der Waals surface area contributed by atoms with Crippen molar-refractivity contribution >= 4 is 40.8 Å². The van der Waals surface area contributed by atoms with E-state index in [4.69, 9.17) is 16.2 Å². The Morgan fingerprint density at radius 3 is 2.25 bits per heavy atom. The summed E-state index contributed by atoms with van der Waals surface area (Å²) >= 11 is 3.25. The van der Waals surface area contributed by atoms with Crippen LogP contribution >= 0.6 is 23.1 Å². The number of nitrogens with zero attached hydrogens (tertiary/aromatic N) is 2. The Kier molecular flexibility index (Phi) is 20.2. The quantitative estimate of drug-likeness (QED) is 0.0798. The van der Waals surface area contributed by atoms with Crippen LogP contribution in [0.4, 0.5) is 0 Å². The Labute approximate surface area is 319 Å². The van der Waals surface area contributed by atoms with Crippen LogP contribution in [0, 0.1) is 6.92 Å². The predicted octanol–water partition coefficient (Wildman–Crippen LogP) is 5.31. The van der Waals surface area contributed by atoms with Crippen molar-refractivity contribution in [2.75, 3.05) is 38.6 Å². The van der Waals surface area contributed by atoms with Gasteiger partial charge in [0.2, 0.25) is 17.7 Å². The number of aryl methyl sites for hydroxylation is 1. The molecule has 1 aliphatic heterocycles. The largest absolute Gasteiger partial charge is 0.391 e. The fourth-order valence-electron chi connectivity index (χ4n) is 6.39. The van der Waals surface area contributed by atoms with E-state index in [1.165, 1.54) is 4.90 Å². The molecule has 292 valence electrons. The highest BCUT2D eigenvalue weighted by Gasteiger charge is 2.46. The van der Waals surface area contributed by atoms with Crippen molar-refractivity contribution in [1.82, 2.24) is 20.5 Å². The van der Waals surface area contributed by atoms with Gasteiger partial charge in [-0.15, -0.1) is 11.3 Å². The normalized spacial score (nSPS) is 16.6. The number of thioether (sulfide) groups is 1. The average molecular weight is 761 g/mol. The molecule has 1 aliphatic rings. The van der Waals surface area contributed by atoms with Gasteiger partial charge in [0.15, 0.2) is 0 Å². The van der Waals surface area contributed by atoms with Gasteiger partial charge in [0.1, 0.15) is 12.1 Å². The molecule has 3 amide bonds. The molecule has 0 bridgehead atoms. The van der Waals surface area contributed by atoms with E-state index in [0.29, 0.717) is 32.5 Å². The summed E-state index contributed by atoms with van der Waals surface area (Å²) < 4.78 is 5.10. The summed E-state index contributed by atoms with van der Waals surface area (Å²) in [6, 6.07) is 6.29. The number of thiazole rings is 1. The zero-order chi connectivity index (χ0) is 37.8. The lowest BCUT2D eigenvalue weighted by Crippen LogP contribution is -2.59. The minimum absolute atomic E-state index is 0.0407. The summed E-state index contributed by atoms with van der Waals surface area (Å²) in [5.74, 6) is -0.0122. The van der Waals surface area contributed by atoms with Gasteiger partial charge in [-0.3, -0.25) is 14.4 Å². The van der Waals surface area contributed by atoms with Crippen LogP contribution in [0.2, 0.25) is 0 Å². The van der Waals surface area contributed by atoms with Crippen LogP contribution in [0.3, 0.4) is 0 Å². The van der Waals surface area contributed by atoms with E-state index < -0.39 is 22.9 Å². The van der Waals surface area contributed by atoms with Crippen molar-refractivity contribution in [3.63, 3.8) is 0 Å². The zero-order valence-corrected chi connectivity index (χ0v) is 33.3. The number of hydrogen-bond donors (Lipinski definition) is 5. The smallest absolute Gasteiger partial charge is 0.247 e. The molecule has 0 spiro atoms. The maximum absolute atomic E-state index is 14.3. The van der Waals surface area contributed by atoms with Gasteiger partial charge in [0.25, 0.3) is 0 Å². The number of carbonyl (C=O) groups is 3. The number of aliphatic hydroxyl groups is 1. The molecule has 3 rings (SSSR count). The molecule has 2 heterocycles. The Balaban J connectivity index is 1.58. The first-order valence-electron chi connectivity index (χ1n) is 19.2. The van der Waals surface area contributed by atoms with Crippen LogP contribution in [0.1, 0.15) is 109 Å². The van der Waals surface area contributed by atoms with E-state index in [0.717, 1.165) is 105 Å². The number of aliphatic hydroxyl groups excluding tert-OH is 1.